The highest BCUT2D eigenvalue weighted by Crippen LogP contribution is 2.21. The van der Waals surface area contributed by atoms with E-state index in [0.717, 1.165) is 23.1 Å². The zero-order valence-electron chi connectivity index (χ0n) is 10.9. The summed E-state index contributed by atoms with van der Waals surface area (Å²) in [6.45, 7) is 0.799. The van der Waals surface area contributed by atoms with E-state index >= 15 is 0 Å². The van der Waals surface area contributed by atoms with E-state index in [1.54, 1.807) is 0 Å². The molecule has 0 aliphatic carbocycles. The number of fused-ring (bicyclic) bond motifs is 2. The van der Waals surface area contributed by atoms with Crippen molar-refractivity contribution in [3.05, 3.63) is 60.4 Å². The molecule has 0 atom stereocenters. The first-order valence-corrected chi connectivity index (χ1v) is 6.62. The van der Waals surface area contributed by atoms with E-state index < -0.39 is 0 Å². The zero-order valence-corrected chi connectivity index (χ0v) is 10.9. The predicted molar refractivity (Wildman–Crippen MR) is 81.7 cm³/mol. The Kier molecular flexibility index (Phi) is 2.45. The summed E-state index contributed by atoms with van der Waals surface area (Å²) in [4.78, 5) is 3.29. The lowest BCUT2D eigenvalue weighted by Crippen LogP contribution is -1.98. The second-order valence-corrected chi connectivity index (χ2v) is 4.89. The molecule has 0 unspecified atom stereocenters. The average molecular weight is 262 g/mol. The Bertz CT molecular complexity index is 872. The zero-order chi connectivity index (χ0) is 13.4. The van der Waals surface area contributed by atoms with E-state index in [9.17, 15) is 0 Å². The van der Waals surface area contributed by atoms with Gasteiger partial charge in [-0.1, -0.05) is 18.2 Å². The maximum atomic E-state index is 4.04. The van der Waals surface area contributed by atoms with Gasteiger partial charge in [0.15, 0.2) is 0 Å². The number of aromatic nitrogens is 3. The molecule has 0 fully saturated rings. The van der Waals surface area contributed by atoms with Gasteiger partial charge < -0.3 is 10.3 Å². The van der Waals surface area contributed by atoms with Crippen molar-refractivity contribution < 1.29 is 0 Å². The number of rotatable bonds is 3. The van der Waals surface area contributed by atoms with E-state index in [1.165, 1.54) is 16.5 Å². The van der Waals surface area contributed by atoms with Gasteiger partial charge in [0.05, 0.1) is 11.7 Å². The second-order valence-electron chi connectivity index (χ2n) is 4.89. The van der Waals surface area contributed by atoms with Gasteiger partial charge in [-0.2, -0.15) is 5.10 Å². The number of nitrogens with zero attached hydrogens (tertiary/aromatic N) is 1. The molecule has 4 heteroatoms. The molecule has 0 bridgehead atoms. The Morgan fingerprint density at radius 3 is 3.00 bits per heavy atom. The number of H-pyrrole nitrogens is 2. The number of hydrogen-bond acceptors (Lipinski definition) is 2. The molecule has 20 heavy (non-hydrogen) atoms. The third kappa shape index (κ3) is 1.82. The molecule has 4 aromatic rings. The van der Waals surface area contributed by atoms with Crippen LogP contribution in [0.1, 0.15) is 5.56 Å². The smallest absolute Gasteiger partial charge is 0.0651 e. The summed E-state index contributed by atoms with van der Waals surface area (Å²) >= 11 is 0. The van der Waals surface area contributed by atoms with Crippen LogP contribution in [-0.2, 0) is 6.54 Å². The maximum Gasteiger partial charge on any atom is 0.0651 e. The fourth-order valence-corrected chi connectivity index (χ4v) is 2.53. The first kappa shape index (κ1) is 11.1. The van der Waals surface area contributed by atoms with Crippen LogP contribution in [0.3, 0.4) is 0 Å². The number of nitrogens with one attached hydrogen (secondary N) is 3. The summed E-state index contributed by atoms with van der Waals surface area (Å²) in [5.41, 5.74) is 4.61. The molecule has 3 N–H and O–H groups in total. The lowest BCUT2D eigenvalue weighted by atomic mass is 10.1. The molecule has 2 heterocycles. The quantitative estimate of drug-likeness (QED) is 0.528. The normalized spacial score (nSPS) is 11.2. The molecule has 0 saturated carbocycles. The van der Waals surface area contributed by atoms with Crippen molar-refractivity contribution in [2.45, 2.75) is 6.54 Å². The van der Waals surface area contributed by atoms with E-state index in [4.69, 9.17) is 0 Å². The molecule has 2 aromatic heterocycles. The number of benzene rings is 2. The molecule has 0 aliphatic rings. The molecule has 4 rings (SSSR count). The standard InChI is InChI=1S/C16H14N4/c1-2-4-16-14(3-1)12(9-18-16)8-17-13-5-6-15-11(7-13)10-19-20-15/h1-7,9-10,17-18H,8H2,(H,19,20). The summed E-state index contributed by atoms with van der Waals surface area (Å²) in [7, 11) is 0. The van der Waals surface area contributed by atoms with Crippen LogP contribution in [0.15, 0.2) is 54.9 Å². The van der Waals surface area contributed by atoms with Crippen molar-refractivity contribution in [1.82, 2.24) is 15.2 Å². The average Bonchev–Trinajstić information content (AvgIpc) is 3.11. The first-order chi connectivity index (χ1) is 9.90. The second kappa shape index (κ2) is 4.42. The van der Waals surface area contributed by atoms with Crippen LogP contribution < -0.4 is 5.32 Å². The van der Waals surface area contributed by atoms with E-state index in [-0.39, 0.29) is 0 Å². The van der Waals surface area contributed by atoms with Crippen LogP contribution in [0.4, 0.5) is 5.69 Å². The Labute approximate surface area is 115 Å². The Morgan fingerprint density at radius 2 is 2.00 bits per heavy atom. The van der Waals surface area contributed by atoms with Crippen molar-refractivity contribution in [1.29, 1.82) is 0 Å². The predicted octanol–water partition coefficient (Wildman–Crippen LogP) is 3.66. The number of hydrogen-bond donors (Lipinski definition) is 3. The minimum atomic E-state index is 0.799. The van der Waals surface area contributed by atoms with Gasteiger partial charge in [-0.15, -0.1) is 0 Å². The first-order valence-electron chi connectivity index (χ1n) is 6.62. The molecule has 0 aliphatic heterocycles. The minimum Gasteiger partial charge on any atom is -0.381 e. The van der Waals surface area contributed by atoms with Crippen molar-refractivity contribution >= 4 is 27.5 Å². The third-order valence-electron chi connectivity index (χ3n) is 3.60. The van der Waals surface area contributed by atoms with Crippen molar-refractivity contribution in [2.24, 2.45) is 0 Å². The highest BCUT2D eigenvalue weighted by Gasteiger charge is 2.03. The fraction of sp³-hybridized carbons (Fsp3) is 0.0625. The van der Waals surface area contributed by atoms with Crippen LogP contribution in [-0.4, -0.2) is 15.2 Å². The number of para-hydroxylation sites is 1. The summed E-state index contributed by atoms with van der Waals surface area (Å²) in [6.07, 6.45) is 3.90. The monoisotopic (exact) mass is 262 g/mol. The van der Waals surface area contributed by atoms with Crippen LogP contribution in [0.2, 0.25) is 0 Å². The van der Waals surface area contributed by atoms with Gasteiger partial charge in [0.1, 0.15) is 0 Å². The third-order valence-corrected chi connectivity index (χ3v) is 3.60. The molecule has 0 saturated heterocycles. The fourth-order valence-electron chi connectivity index (χ4n) is 2.53. The van der Waals surface area contributed by atoms with Crippen LogP contribution >= 0.6 is 0 Å². The summed E-state index contributed by atoms with van der Waals surface area (Å²) in [5.74, 6) is 0. The molecule has 0 amide bonds. The van der Waals surface area contributed by atoms with E-state index in [0.29, 0.717) is 0 Å². The van der Waals surface area contributed by atoms with Crippen LogP contribution in [0.5, 0.6) is 0 Å². The van der Waals surface area contributed by atoms with Gasteiger partial charge in [-0.3, -0.25) is 5.10 Å². The minimum absolute atomic E-state index is 0.799. The summed E-state index contributed by atoms with van der Waals surface area (Å²) < 4.78 is 0. The van der Waals surface area contributed by atoms with Crippen LogP contribution in [0.25, 0.3) is 21.8 Å². The highest BCUT2D eigenvalue weighted by atomic mass is 15.1. The molecular weight excluding hydrogens is 248 g/mol. The molecule has 0 radical (unpaired) electrons. The Morgan fingerprint density at radius 1 is 1.05 bits per heavy atom. The summed E-state index contributed by atoms with van der Waals surface area (Å²) in [5, 5.41) is 12.8. The number of aromatic amines is 2. The maximum absolute atomic E-state index is 4.04. The lowest BCUT2D eigenvalue weighted by molar-refractivity contribution is 1.12. The Hall–Kier alpha value is -2.75. The molecule has 0 spiro atoms. The van der Waals surface area contributed by atoms with Gasteiger partial charge in [0, 0.05) is 34.7 Å². The molecule has 98 valence electrons. The highest BCUT2D eigenvalue weighted by molar-refractivity contribution is 5.84. The summed E-state index contributed by atoms with van der Waals surface area (Å²) in [6, 6.07) is 14.6. The van der Waals surface area contributed by atoms with E-state index in [2.05, 4.69) is 57.0 Å². The van der Waals surface area contributed by atoms with Gasteiger partial charge >= 0.3 is 0 Å². The van der Waals surface area contributed by atoms with Gasteiger partial charge in [-0.05, 0) is 29.8 Å². The van der Waals surface area contributed by atoms with Gasteiger partial charge in [0.25, 0.3) is 0 Å². The Balaban J connectivity index is 1.60. The number of anilines is 1. The van der Waals surface area contributed by atoms with Crippen LogP contribution in [0, 0.1) is 0 Å². The SMILES string of the molecule is c1ccc2c(CNc3ccc4[nH]ncc4c3)c[nH]c2c1. The largest absolute Gasteiger partial charge is 0.381 e. The van der Waals surface area contributed by atoms with Crippen molar-refractivity contribution in [3.63, 3.8) is 0 Å². The molecule has 2 aromatic carbocycles. The molecular formula is C16H14N4. The van der Waals surface area contributed by atoms with Crippen molar-refractivity contribution in [3.8, 4) is 0 Å². The van der Waals surface area contributed by atoms with E-state index in [1.807, 2.05) is 18.3 Å². The van der Waals surface area contributed by atoms with Gasteiger partial charge in [-0.25, -0.2) is 0 Å². The molecule has 4 nitrogen and oxygen atoms in total. The van der Waals surface area contributed by atoms with Crippen molar-refractivity contribution in [2.75, 3.05) is 5.32 Å². The topological polar surface area (TPSA) is 56.5 Å². The van der Waals surface area contributed by atoms with Gasteiger partial charge in [0.2, 0.25) is 0 Å². The lowest BCUT2D eigenvalue weighted by Gasteiger charge is -2.05.